The Kier molecular flexibility index (Phi) is 6.40. The van der Waals surface area contributed by atoms with Crippen LogP contribution in [0.25, 0.3) is 0 Å². The predicted octanol–water partition coefficient (Wildman–Crippen LogP) is 1.35. The molecule has 0 saturated heterocycles. The SMILES string of the molecule is CCCc1nn(C)c(NCC(COC)OC)c1[N+](=O)[O-]. The van der Waals surface area contributed by atoms with Crippen LogP contribution in [0.1, 0.15) is 19.0 Å². The van der Waals surface area contributed by atoms with Gasteiger partial charge in [-0.25, -0.2) is 4.68 Å². The Morgan fingerprint density at radius 3 is 2.70 bits per heavy atom. The van der Waals surface area contributed by atoms with Gasteiger partial charge in [-0.2, -0.15) is 5.10 Å². The van der Waals surface area contributed by atoms with E-state index in [1.54, 1.807) is 21.3 Å². The van der Waals surface area contributed by atoms with Crippen molar-refractivity contribution in [2.75, 3.05) is 32.7 Å². The Hall–Kier alpha value is -1.67. The van der Waals surface area contributed by atoms with Gasteiger partial charge in [-0.3, -0.25) is 10.1 Å². The molecule has 8 heteroatoms. The lowest BCUT2D eigenvalue weighted by Gasteiger charge is -2.15. The van der Waals surface area contributed by atoms with E-state index in [4.69, 9.17) is 9.47 Å². The molecule has 20 heavy (non-hydrogen) atoms. The minimum Gasteiger partial charge on any atom is -0.382 e. The van der Waals surface area contributed by atoms with Crippen LogP contribution >= 0.6 is 0 Å². The lowest BCUT2D eigenvalue weighted by atomic mass is 10.2. The number of anilines is 1. The highest BCUT2D eigenvalue weighted by atomic mass is 16.6. The lowest BCUT2D eigenvalue weighted by molar-refractivity contribution is -0.384. The molecule has 1 aromatic heterocycles. The smallest absolute Gasteiger partial charge is 0.333 e. The fourth-order valence-electron chi connectivity index (χ4n) is 1.97. The molecule has 1 unspecified atom stereocenters. The van der Waals surface area contributed by atoms with E-state index in [0.717, 1.165) is 6.42 Å². The molecule has 0 aliphatic heterocycles. The van der Waals surface area contributed by atoms with Crippen LogP contribution in [0.3, 0.4) is 0 Å². The fraction of sp³-hybridized carbons (Fsp3) is 0.750. The number of nitro groups is 1. The average molecular weight is 286 g/mol. The van der Waals surface area contributed by atoms with Crippen LogP contribution in [0, 0.1) is 10.1 Å². The van der Waals surface area contributed by atoms with Crippen molar-refractivity contribution in [3.05, 3.63) is 15.8 Å². The molecular weight excluding hydrogens is 264 g/mol. The van der Waals surface area contributed by atoms with E-state index in [-0.39, 0.29) is 11.8 Å². The molecule has 114 valence electrons. The van der Waals surface area contributed by atoms with Crippen LogP contribution < -0.4 is 5.32 Å². The maximum Gasteiger partial charge on any atom is 0.333 e. The van der Waals surface area contributed by atoms with E-state index in [1.807, 2.05) is 6.92 Å². The number of nitrogens with zero attached hydrogens (tertiary/aromatic N) is 3. The Bertz CT molecular complexity index is 447. The maximum absolute atomic E-state index is 11.2. The molecule has 0 saturated carbocycles. The first-order valence-corrected chi connectivity index (χ1v) is 6.50. The summed E-state index contributed by atoms with van der Waals surface area (Å²) in [5, 5.41) is 18.5. The van der Waals surface area contributed by atoms with E-state index in [9.17, 15) is 10.1 Å². The summed E-state index contributed by atoms with van der Waals surface area (Å²) in [6.45, 7) is 2.79. The van der Waals surface area contributed by atoms with Gasteiger partial charge in [-0.15, -0.1) is 0 Å². The van der Waals surface area contributed by atoms with Gasteiger partial charge in [-0.1, -0.05) is 13.3 Å². The van der Waals surface area contributed by atoms with Gasteiger partial charge in [0.25, 0.3) is 0 Å². The highest BCUT2D eigenvalue weighted by Crippen LogP contribution is 2.28. The second-order valence-electron chi connectivity index (χ2n) is 4.47. The molecule has 1 rings (SSSR count). The highest BCUT2D eigenvalue weighted by molar-refractivity contribution is 5.59. The topological polar surface area (TPSA) is 91.5 Å². The molecule has 1 heterocycles. The Morgan fingerprint density at radius 2 is 2.20 bits per heavy atom. The summed E-state index contributed by atoms with van der Waals surface area (Å²) >= 11 is 0. The quantitative estimate of drug-likeness (QED) is 0.544. The summed E-state index contributed by atoms with van der Waals surface area (Å²) < 4.78 is 11.7. The van der Waals surface area contributed by atoms with Crippen LogP contribution in [0.5, 0.6) is 0 Å². The van der Waals surface area contributed by atoms with Gasteiger partial charge in [0.15, 0.2) is 0 Å². The molecule has 0 aromatic carbocycles. The van der Waals surface area contributed by atoms with Gasteiger partial charge in [-0.05, 0) is 6.42 Å². The Balaban J connectivity index is 2.90. The van der Waals surface area contributed by atoms with E-state index in [1.165, 1.54) is 4.68 Å². The third-order valence-corrected chi connectivity index (χ3v) is 2.94. The van der Waals surface area contributed by atoms with E-state index in [0.29, 0.717) is 31.1 Å². The fourth-order valence-corrected chi connectivity index (χ4v) is 1.97. The second-order valence-corrected chi connectivity index (χ2v) is 4.47. The second kappa shape index (κ2) is 7.81. The molecule has 8 nitrogen and oxygen atoms in total. The zero-order valence-electron chi connectivity index (χ0n) is 12.4. The molecule has 0 aliphatic rings. The molecule has 1 atom stereocenters. The normalized spacial score (nSPS) is 12.4. The first-order valence-electron chi connectivity index (χ1n) is 6.50. The van der Waals surface area contributed by atoms with Gasteiger partial charge < -0.3 is 14.8 Å². The van der Waals surface area contributed by atoms with Crippen LogP contribution in [0.4, 0.5) is 11.5 Å². The summed E-state index contributed by atoms with van der Waals surface area (Å²) in [7, 11) is 4.84. The number of rotatable bonds is 9. The molecule has 1 N–H and O–H groups in total. The number of hydrogen-bond donors (Lipinski definition) is 1. The van der Waals surface area contributed by atoms with Crippen molar-refractivity contribution < 1.29 is 14.4 Å². The van der Waals surface area contributed by atoms with Gasteiger partial charge in [0.1, 0.15) is 5.69 Å². The van der Waals surface area contributed by atoms with E-state index >= 15 is 0 Å². The average Bonchev–Trinajstić information content (AvgIpc) is 2.71. The summed E-state index contributed by atoms with van der Waals surface area (Å²) in [6, 6.07) is 0. The van der Waals surface area contributed by atoms with Gasteiger partial charge in [0, 0.05) is 27.8 Å². The molecule has 0 aliphatic carbocycles. The molecule has 0 bridgehead atoms. The van der Waals surface area contributed by atoms with Crippen molar-refractivity contribution in [3.8, 4) is 0 Å². The number of aromatic nitrogens is 2. The summed E-state index contributed by atoms with van der Waals surface area (Å²) in [4.78, 5) is 10.8. The van der Waals surface area contributed by atoms with Crippen LogP contribution in [-0.2, 0) is 22.9 Å². The first kappa shape index (κ1) is 16.4. The molecule has 0 spiro atoms. The molecule has 0 amide bonds. The third-order valence-electron chi connectivity index (χ3n) is 2.94. The number of nitrogens with one attached hydrogen (secondary N) is 1. The number of aryl methyl sites for hydroxylation is 2. The summed E-state index contributed by atoms with van der Waals surface area (Å²) in [5.41, 5.74) is 0.546. The first-order chi connectivity index (χ1) is 9.54. The molecular formula is C12H22N4O4. The lowest BCUT2D eigenvalue weighted by Crippen LogP contribution is -2.27. The van der Waals surface area contributed by atoms with Gasteiger partial charge in [0.2, 0.25) is 5.82 Å². The third kappa shape index (κ3) is 3.91. The summed E-state index contributed by atoms with van der Waals surface area (Å²) in [6.07, 6.45) is 1.21. The van der Waals surface area contributed by atoms with Crippen LogP contribution in [0.15, 0.2) is 0 Å². The predicted molar refractivity (Wildman–Crippen MR) is 75.0 cm³/mol. The summed E-state index contributed by atoms with van der Waals surface area (Å²) in [5.74, 6) is 0.400. The molecule has 0 radical (unpaired) electrons. The van der Waals surface area contributed by atoms with Crippen molar-refractivity contribution in [2.24, 2.45) is 7.05 Å². The largest absolute Gasteiger partial charge is 0.382 e. The van der Waals surface area contributed by atoms with Crippen molar-refractivity contribution >= 4 is 11.5 Å². The zero-order chi connectivity index (χ0) is 15.1. The van der Waals surface area contributed by atoms with Crippen molar-refractivity contribution in [1.82, 2.24) is 9.78 Å². The van der Waals surface area contributed by atoms with Crippen LogP contribution in [0.2, 0.25) is 0 Å². The standard InChI is InChI=1S/C12H22N4O4/c1-5-6-10-11(16(17)18)12(15(2)14-10)13-7-9(20-4)8-19-3/h9,13H,5-8H2,1-4H3. The van der Waals surface area contributed by atoms with E-state index < -0.39 is 4.92 Å². The molecule has 1 aromatic rings. The Labute approximate surface area is 118 Å². The minimum atomic E-state index is -0.390. The van der Waals surface area contributed by atoms with Gasteiger partial charge in [0.05, 0.1) is 17.6 Å². The monoisotopic (exact) mass is 286 g/mol. The maximum atomic E-state index is 11.2. The molecule has 0 fully saturated rings. The number of hydrogen-bond acceptors (Lipinski definition) is 6. The van der Waals surface area contributed by atoms with Crippen molar-refractivity contribution in [3.63, 3.8) is 0 Å². The highest BCUT2D eigenvalue weighted by Gasteiger charge is 2.26. The van der Waals surface area contributed by atoms with Crippen molar-refractivity contribution in [2.45, 2.75) is 25.9 Å². The van der Waals surface area contributed by atoms with Gasteiger partial charge >= 0.3 is 5.69 Å². The van der Waals surface area contributed by atoms with E-state index in [2.05, 4.69) is 10.4 Å². The zero-order valence-corrected chi connectivity index (χ0v) is 12.4. The van der Waals surface area contributed by atoms with Crippen LogP contribution in [-0.4, -0.2) is 48.2 Å². The minimum absolute atomic E-state index is 0.0432. The number of ether oxygens (including phenoxy) is 2. The number of methoxy groups -OCH3 is 2. The van der Waals surface area contributed by atoms with Crippen molar-refractivity contribution in [1.29, 1.82) is 0 Å². The Morgan fingerprint density at radius 1 is 1.50 bits per heavy atom.